The van der Waals surface area contributed by atoms with Crippen LogP contribution >= 0.6 is 27.3 Å². The van der Waals surface area contributed by atoms with E-state index < -0.39 is 5.97 Å². The lowest BCUT2D eigenvalue weighted by molar-refractivity contribution is 0.0702. The van der Waals surface area contributed by atoms with Gasteiger partial charge in [-0.25, -0.2) is 4.79 Å². The number of aromatic carboxylic acids is 1. The maximum atomic E-state index is 10.5. The van der Waals surface area contributed by atoms with Crippen molar-refractivity contribution in [2.75, 3.05) is 7.11 Å². The Morgan fingerprint density at radius 1 is 1.83 bits per heavy atom. The van der Waals surface area contributed by atoms with E-state index in [1.54, 1.807) is 13.2 Å². The van der Waals surface area contributed by atoms with E-state index in [1.807, 2.05) is 0 Å². The number of thiophene rings is 1. The van der Waals surface area contributed by atoms with Gasteiger partial charge >= 0.3 is 5.97 Å². The van der Waals surface area contributed by atoms with Gasteiger partial charge in [-0.3, -0.25) is 0 Å². The first-order valence-electron chi connectivity index (χ1n) is 3.15. The summed E-state index contributed by atoms with van der Waals surface area (Å²) in [6.07, 6.45) is 0. The van der Waals surface area contributed by atoms with Crippen LogP contribution in [0.5, 0.6) is 0 Å². The zero-order valence-corrected chi connectivity index (χ0v) is 8.74. The topological polar surface area (TPSA) is 46.5 Å². The van der Waals surface area contributed by atoms with Crippen molar-refractivity contribution in [3.05, 3.63) is 20.3 Å². The van der Waals surface area contributed by atoms with Crippen LogP contribution in [0.4, 0.5) is 0 Å². The van der Waals surface area contributed by atoms with Gasteiger partial charge in [0.1, 0.15) is 4.88 Å². The zero-order valence-electron chi connectivity index (χ0n) is 6.33. The average molecular weight is 251 g/mol. The molecule has 1 N–H and O–H groups in total. The number of ether oxygens (including phenoxy) is 1. The summed E-state index contributed by atoms with van der Waals surface area (Å²) in [7, 11) is 1.57. The summed E-state index contributed by atoms with van der Waals surface area (Å²) < 4.78 is 5.71. The van der Waals surface area contributed by atoms with Crippen LogP contribution in [0, 0.1) is 0 Å². The number of halogens is 1. The Bertz CT molecular complexity index is 295. The molecule has 0 aromatic carbocycles. The first-order chi connectivity index (χ1) is 5.65. The highest BCUT2D eigenvalue weighted by Gasteiger charge is 2.11. The molecule has 0 aliphatic carbocycles. The highest BCUT2D eigenvalue weighted by Crippen LogP contribution is 2.28. The predicted octanol–water partition coefficient (Wildman–Crippen LogP) is 2.36. The lowest BCUT2D eigenvalue weighted by Gasteiger charge is -1.93. The van der Waals surface area contributed by atoms with E-state index in [-0.39, 0.29) is 0 Å². The zero-order chi connectivity index (χ0) is 9.14. The third-order valence-corrected chi connectivity index (χ3v) is 3.22. The molecule has 1 heterocycles. The highest BCUT2D eigenvalue weighted by atomic mass is 79.9. The van der Waals surface area contributed by atoms with Crippen molar-refractivity contribution in [3.63, 3.8) is 0 Å². The number of carboxylic acids is 1. The summed E-state index contributed by atoms with van der Waals surface area (Å²) in [5.41, 5.74) is 0.875. The summed E-state index contributed by atoms with van der Waals surface area (Å²) in [6.45, 7) is 0.435. The maximum Gasteiger partial charge on any atom is 0.345 e. The molecular formula is C7H7BrO3S. The molecule has 0 unspecified atom stereocenters. The molecule has 0 fully saturated rings. The van der Waals surface area contributed by atoms with Gasteiger partial charge in [-0.1, -0.05) is 0 Å². The fraction of sp³-hybridized carbons (Fsp3) is 0.286. The number of methoxy groups -OCH3 is 1. The molecule has 1 aromatic rings. The Kier molecular flexibility index (Phi) is 3.25. The quantitative estimate of drug-likeness (QED) is 0.896. The molecule has 0 aliphatic heterocycles. The molecule has 3 nitrogen and oxygen atoms in total. The van der Waals surface area contributed by atoms with Gasteiger partial charge in [0.15, 0.2) is 0 Å². The Morgan fingerprint density at radius 3 is 2.92 bits per heavy atom. The van der Waals surface area contributed by atoms with Crippen LogP contribution in [0.1, 0.15) is 15.2 Å². The van der Waals surface area contributed by atoms with Gasteiger partial charge in [0.25, 0.3) is 0 Å². The molecule has 0 saturated heterocycles. The van der Waals surface area contributed by atoms with Crippen molar-refractivity contribution in [3.8, 4) is 0 Å². The summed E-state index contributed by atoms with van der Waals surface area (Å²) in [5.74, 6) is -0.900. The van der Waals surface area contributed by atoms with Crippen molar-refractivity contribution in [1.82, 2.24) is 0 Å². The van der Waals surface area contributed by atoms with Crippen molar-refractivity contribution < 1.29 is 14.6 Å². The van der Waals surface area contributed by atoms with Crippen LogP contribution < -0.4 is 0 Å². The van der Waals surface area contributed by atoms with E-state index in [0.29, 0.717) is 11.5 Å². The van der Waals surface area contributed by atoms with Crippen molar-refractivity contribution >= 4 is 33.2 Å². The van der Waals surface area contributed by atoms with Crippen molar-refractivity contribution in [1.29, 1.82) is 0 Å². The smallest absolute Gasteiger partial charge is 0.345 e. The van der Waals surface area contributed by atoms with Crippen LogP contribution in [0.2, 0.25) is 0 Å². The predicted molar refractivity (Wildman–Crippen MR) is 49.7 cm³/mol. The van der Waals surface area contributed by atoms with Gasteiger partial charge in [0.2, 0.25) is 0 Å². The maximum absolute atomic E-state index is 10.5. The third-order valence-electron chi connectivity index (χ3n) is 1.27. The number of hydrogen-bond acceptors (Lipinski definition) is 3. The normalized spacial score (nSPS) is 10.2. The van der Waals surface area contributed by atoms with Crippen LogP contribution in [0.15, 0.2) is 9.85 Å². The molecule has 5 heteroatoms. The third kappa shape index (κ3) is 2.06. The van der Waals surface area contributed by atoms with Crippen LogP contribution in [0.3, 0.4) is 0 Å². The Balaban J connectivity index is 2.92. The number of rotatable bonds is 3. The number of hydrogen-bond donors (Lipinski definition) is 1. The van der Waals surface area contributed by atoms with E-state index >= 15 is 0 Å². The van der Waals surface area contributed by atoms with Gasteiger partial charge in [-0.2, -0.15) is 0 Å². The molecule has 66 valence electrons. The fourth-order valence-corrected chi connectivity index (χ4v) is 2.25. The van der Waals surface area contributed by atoms with E-state index in [4.69, 9.17) is 9.84 Å². The molecule has 0 radical (unpaired) electrons. The molecule has 0 atom stereocenters. The van der Waals surface area contributed by atoms with E-state index in [9.17, 15) is 4.79 Å². The summed E-state index contributed by atoms with van der Waals surface area (Å²) in [5, 5.41) is 8.64. The standard InChI is InChI=1S/C7H7BrO3S/c1-11-3-4-2-5(7(9)10)12-6(4)8/h2H,3H2,1H3,(H,9,10). The summed E-state index contributed by atoms with van der Waals surface area (Å²) in [4.78, 5) is 10.8. The van der Waals surface area contributed by atoms with Gasteiger partial charge in [-0.15, -0.1) is 11.3 Å². The molecule has 0 spiro atoms. The lowest BCUT2D eigenvalue weighted by atomic mass is 10.3. The molecule has 0 aliphatic rings. The SMILES string of the molecule is COCc1cc(C(=O)O)sc1Br. The minimum Gasteiger partial charge on any atom is -0.477 e. The molecule has 1 rings (SSSR count). The average Bonchev–Trinajstić information content (AvgIpc) is 2.34. The molecule has 1 aromatic heterocycles. The Hall–Kier alpha value is -0.390. The lowest BCUT2D eigenvalue weighted by Crippen LogP contribution is -1.91. The first-order valence-corrected chi connectivity index (χ1v) is 4.76. The van der Waals surface area contributed by atoms with E-state index in [1.165, 1.54) is 11.3 Å². The molecular weight excluding hydrogens is 244 g/mol. The summed E-state index contributed by atoms with van der Waals surface area (Å²) >= 11 is 4.46. The van der Waals surface area contributed by atoms with Gasteiger partial charge < -0.3 is 9.84 Å². The molecule has 0 saturated carbocycles. The number of carboxylic acid groups (broad SMARTS) is 1. The molecule has 0 bridgehead atoms. The summed E-state index contributed by atoms with van der Waals surface area (Å²) in [6, 6.07) is 1.61. The second-order valence-electron chi connectivity index (χ2n) is 2.15. The minimum atomic E-state index is -0.900. The van der Waals surface area contributed by atoms with Gasteiger partial charge in [-0.05, 0) is 22.0 Å². The van der Waals surface area contributed by atoms with Gasteiger partial charge in [0, 0.05) is 12.7 Å². The second-order valence-corrected chi connectivity index (χ2v) is 4.52. The van der Waals surface area contributed by atoms with Gasteiger partial charge in [0.05, 0.1) is 10.4 Å². The monoisotopic (exact) mass is 250 g/mol. The Labute approximate surface area is 82.1 Å². The fourth-order valence-electron chi connectivity index (χ4n) is 0.766. The minimum absolute atomic E-state index is 0.328. The van der Waals surface area contributed by atoms with E-state index in [2.05, 4.69) is 15.9 Å². The molecule has 0 amide bonds. The van der Waals surface area contributed by atoms with Crippen molar-refractivity contribution in [2.45, 2.75) is 6.61 Å². The Morgan fingerprint density at radius 2 is 2.50 bits per heavy atom. The highest BCUT2D eigenvalue weighted by molar-refractivity contribution is 9.11. The van der Waals surface area contributed by atoms with Crippen LogP contribution in [-0.2, 0) is 11.3 Å². The second kappa shape index (κ2) is 4.02. The number of carbonyl (C=O) groups is 1. The first kappa shape index (κ1) is 9.70. The van der Waals surface area contributed by atoms with Crippen LogP contribution in [0.25, 0.3) is 0 Å². The largest absolute Gasteiger partial charge is 0.477 e. The van der Waals surface area contributed by atoms with Crippen LogP contribution in [-0.4, -0.2) is 18.2 Å². The molecule has 12 heavy (non-hydrogen) atoms. The van der Waals surface area contributed by atoms with Crippen molar-refractivity contribution in [2.24, 2.45) is 0 Å². The van der Waals surface area contributed by atoms with E-state index in [0.717, 1.165) is 9.35 Å².